The zero-order valence-corrected chi connectivity index (χ0v) is 20.1. The minimum absolute atomic E-state index is 0.0613. The van der Waals surface area contributed by atoms with E-state index in [-0.39, 0.29) is 42.7 Å². The Bertz CT molecular complexity index is 1210. The Morgan fingerprint density at radius 3 is 2.50 bits per heavy atom. The highest BCUT2D eigenvalue weighted by molar-refractivity contribution is 6.17. The molecule has 12 nitrogen and oxygen atoms in total. The largest absolute Gasteiger partial charge is 0.508 e. The van der Waals surface area contributed by atoms with Crippen LogP contribution in [0.2, 0.25) is 0 Å². The molecule has 1 fully saturated rings. The Kier molecular flexibility index (Phi) is 6.21. The number of nitrogens with one attached hydrogen (secondary N) is 1. The van der Waals surface area contributed by atoms with Crippen LogP contribution in [0, 0.1) is 17.8 Å². The maximum absolute atomic E-state index is 13.7. The molecule has 0 bridgehead atoms. The van der Waals surface area contributed by atoms with Gasteiger partial charge in [0.15, 0.2) is 22.9 Å². The monoisotopic (exact) mass is 503 g/mol. The fourth-order valence-electron chi connectivity index (χ4n) is 5.75. The van der Waals surface area contributed by atoms with Crippen molar-refractivity contribution in [2.75, 3.05) is 30.9 Å². The lowest BCUT2D eigenvalue weighted by Crippen LogP contribution is -2.63. The number of hydrogen-bond donors (Lipinski definition) is 6. The van der Waals surface area contributed by atoms with Crippen LogP contribution in [0.25, 0.3) is 0 Å². The molecule has 0 aromatic heterocycles. The number of amides is 2. The number of ether oxygens (including phenoxy) is 1. The molecule has 2 unspecified atom stereocenters. The van der Waals surface area contributed by atoms with E-state index in [1.54, 1.807) is 25.9 Å². The van der Waals surface area contributed by atoms with E-state index in [2.05, 4.69) is 5.32 Å². The van der Waals surface area contributed by atoms with Crippen LogP contribution in [0.3, 0.4) is 0 Å². The third-order valence-corrected chi connectivity index (χ3v) is 7.36. The zero-order valence-electron chi connectivity index (χ0n) is 20.1. The van der Waals surface area contributed by atoms with E-state index in [1.165, 1.54) is 6.07 Å². The molecule has 3 aliphatic rings. The average Bonchev–Trinajstić information content (AvgIpc) is 2.77. The molecular weight excluding hydrogens is 474 g/mol. The van der Waals surface area contributed by atoms with Crippen LogP contribution < -0.4 is 16.0 Å². The third kappa shape index (κ3) is 3.59. The van der Waals surface area contributed by atoms with Gasteiger partial charge in [0.2, 0.25) is 5.91 Å². The van der Waals surface area contributed by atoms with Crippen LogP contribution in [0.1, 0.15) is 35.7 Å². The number of Topliss-reactive ketones (excluding diaryl/α,β-unsaturated/α-hetero) is 2. The standard InChI is InChI=1S/C24H29N3O9/c1-4-36-23(34)26-12-8-13(27(2)3)11-6-9-5-10-7-14(28)17(22(25)33)21(32)24(10,35)20(31)15(9)19(30)16(11)18(12)29/h8-10,14,17,28-29,31,35H,4-7H2,1-3H3,(H2,25,33)(H,26,34)/t9-,10+,14?,17?,24+/m1/s1. The highest BCUT2D eigenvalue weighted by Gasteiger charge is 2.62. The minimum Gasteiger partial charge on any atom is -0.508 e. The molecule has 2 amide bonds. The van der Waals surface area contributed by atoms with Gasteiger partial charge in [-0.15, -0.1) is 0 Å². The van der Waals surface area contributed by atoms with Gasteiger partial charge in [-0.05, 0) is 43.7 Å². The molecule has 3 aliphatic carbocycles. The van der Waals surface area contributed by atoms with Crippen LogP contribution in [0.5, 0.6) is 5.75 Å². The number of primary amides is 1. The summed E-state index contributed by atoms with van der Waals surface area (Å²) in [7, 11) is 3.43. The molecule has 36 heavy (non-hydrogen) atoms. The van der Waals surface area contributed by atoms with Crippen molar-refractivity contribution in [3.63, 3.8) is 0 Å². The Labute approximate surface area is 206 Å². The van der Waals surface area contributed by atoms with E-state index in [0.717, 1.165) is 0 Å². The number of aliphatic hydroxyl groups excluding tert-OH is 2. The van der Waals surface area contributed by atoms with Crippen molar-refractivity contribution in [1.29, 1.82) is 0 Å². The number of nitrogens with two attached hydrogens (primary N) is 1. The van der Waals surface area contributed by atoms with Gasteiger partial charge in [0.05, 0.1) is 24.0 Å². The lowest BCUT2D eigenvalue weighted by atomic mass is 9.58. The van der Waals surface area contributed by atoms with Crippen molar-refractivity contribution < 1.29 is 44.3 Å². The highest BCUT2D eigenvalue weighted by atomic mass is 16.5. The highest BCUT2D eigenvalue weighted by Crippen LogP contribution is 2.53. The fourth-order valence-corrected chi connectivity index (χ4v) is 5.75. The summed E-state index contributed by atoms with van der Waals surface area (Å²) < 4.78 is 4.86. The first-order valence-electron chi connectivity index (χ1n) is 11.6. The summed E-state index contributed by atoms with van der Waals surface area (Å²) in [5, 5.41) is 46.2. The van der Waals surface area contributed by atoms with Crippen molar-refractivity contribution in [3.8, 4) is 5.75 Å². The topological polar surface area (TPSA) is 200 Å². The molecule has 1 aromatic rings. The molecule has 0 heterocycles. The Hall–Kier alpha value is -3.64. The quantitative estimate of drug-likeness (QED) is 0.246. The molecule has 194 valence electrons. The van der Waals surface area contributed by atoms with Gasteiger partial charge in [0, 0.05) is 31.3 Å². The second-order valence-electron chi connectivity index (χ2n) is 9.62. The fraction of sp³-hybridized carbons (Fsp3) is 0.500. The van der Waals surface area contributed by atoms with Gasteiger partial charge in [-0.1, -0.05) is 0 Å². The number of aliphatic hydroxyl groups is 3. The number of carbonyl (C=O) groups excluding carboxylic acids is 4. The molecule has 1 saturated carbocycles. The molecule has 4 rings (SSSR count). The van der Waals surface area contributed by atoms with E-state index in [4.69, 9.17) is 10.5 Å². The van der Waals surface area contributed by atoms with Crippen LogP contribution in [-0.4, -0.2) is 76.4 Å². The first kappa shape index (κ1) is 25.5. The summed E-state index contributed by atoms with van der Waals surface area (Å²) in [4.78, 5) is 52.3. The Morgan fingerprint density at radius 1 is 1.25 bits per heavy atom. The van der Waals surface area contributed by atoms with Crippen molar-refractivity contribution in [3.05, 3.63) is 28.5 Å². The van der Waals surface area contributed by atoms with Gasteiger partial charge < -0.3 is 35.8 Å². The van der Waals surface area contributed by atoms with Crippen LogP contribution >= 0.6 is 0 Å². The lowest BCUT2D eigenvalue weighted by Gasteiger charge is -2.48. The molecule has 5 atom stereocenters. The number of carbonyl (C=O) groups is 4. The second kappa shape index (κ2) is 8.79. The normalized spacial score (nSPS) is 29.1. The Balaban J connectivity index is 1.88. The molecule has 1 aromatic carbocycles. The van der Waals surface area contributed by atoms with Crippen LogP contribution in [0.15, 0.2) is 17.4 Å². The number of phenols is 1. The number of fused-ring (bicyclic) bond motifs is 3. The summed E-state index contributed by atoms with van der Waals surface area (Å²) in [6.07, 6.45) is -2.24. The van der Waals surface area contributed by atoms with Gasteiger partial charge in [-0.3, -0.25) is 19.7 Å². The number of phenolic OH excluding ortho intramolecular Hbond substituents is 1. The van der Waals surface area contributed by atoms with E-state index < -0.39 is 64.5 Å². The maximum atomic E-state index is 13.7. The maximum Gasteiger partial charge on any atom is 0.411 e. The van der Waals surface area contributed by atoms with E-state index in [1.807, 2.05) is 0 Å². The lowest BCUT2D eigenvalue weighted by molar-refractivity contribution is -0.167. The van der Waals surface area contributed by atoms with Gasteiger partial charge >= 0.3 is 6.09 Å². The van der Waals surface area contributed by atoms with E-state index >= 15 is 0 Å². The molecule has 0 spiro atoms. The number of anilines is 2. The SMILES string of the molecule is CCOC(=O)Nc1cc(N(C)C)c2c(c1O)C(=O)C1=C(O)[C@]3(O)C(=O)C(C(N)=O)C(O)C[C@@H]3C[C@@H]1C2. The smallest absolute Gasteiger partial charge is 0.411 e. The van der Waals surface area contributed by atoms with E-state index in [9.17, 15) is 39.6 Å². The third-order valence-electron chi connectivity index (χ3n) is 7.36. The Morgan fingerprint density at radius 2 is 1.92 bits per heavy atom. The summed E-state index contributed by atoms with van der Waals surface area (Å²) in [5.74, 6) is -7.94. The van der Waals surface area contributed by atoms with Crippen molar-refractivity contribution in [1.82, 2.24) is 0 Å². The van der Waals surface area contributed by atoms with Gasteiger partial charge in [0.25, 0.3) is 0 Å². The summed E-state index contributed by atoms with van der Waals surface area (Å²) in [5.41, 5.74) is 3.11. The molecule has 0 radical (unpaired) electrons. The summed E-state index contributed by atoms with van der Waals surface area (Å²) in [6, 6.07) is 1.50. The predicted octanol–water partition coefficient (Wildman–Crippen LogP) is 0.380. The first-order chi connectivity index (χ1) is 16.8. The second-order valence-corrected chi connectivity index (χ2v) is 9.62. The number of rotatable bonds is 4. The van der Waals surface area contributed by atoms with Crippen molar-refractivity contribution in [2.45, 2.75) is 37.9 Å². The van der Waals surface area contributed by atoms with Gasteiger partial charge in [-0.25, -0.2) is 4.79 Å². The van der Waals surface area contributed by atoms with Gasteiger partial charge in [-0.2, -0.15) is 0 Å². The number of nitrogens with zero attached hydrogens (tertiary/aromatic N) is 1. The summed E-state index contributed by atoms with van der Waals surface area (Å²) >= 11 is 0. The number of benzene rings is 1. The molecular formula is C24H29N3O9. The van der Waals surface area contributed by atoms with E-state index in [0.29, 0.717) is 11.3 Å². The molecule has 0 aliphatic heterocycles. The number of aromatic hydroxyl groups is 1. The van der Waals surface area contributed by atoms with Crippen molar-refractivity contribution in [2.24, 2.45) is 23.5 Å². The number of hydrogen-bond acceptors (Lipinski definition) is 10. The van der Waals surface area contributed by atoms with Crippen LogP contribution in [-0.2, 0) is 20.7 Å². The minimum atomic E-state index is -2.58. The average molecular weight is 504 g/mol. The zero-order chi connectivity index (χ0) is 26.7. The molecule has 12 heteroatoms. The number of ketones is 2. The van der Waals surface area contributed by atoms with Crippen molar-refractivity contribution >= 4 is 34.9 Å². The van der Waals surface area contributed by atoms with Gasteiger partial charge in [0.1, 0.15) is 11.7 Å². The van der Waals surface area contributed by atoms with Crippen LogP contribution in [0.4, 0.5) is 16.2 Å². The predicted molar refractivity (Wildman–Crippen MR) is 126 cm³/mol. The first-order valence-corrected chi connectivity index (χ1v) is 11.6. The number of allylic oxidation sites excluding steroid dienone is 1. The molecule has 0 saturated heterocycles. The summed E-state index contributed by atoms with van der Waals surface area (Å²) in [6.45, 7) is 1.68. The molecule has 7 N–H and O–H groups in total.